The predicted octanol–water partition coefficient (Wildman–Crippen LogP) is 2.66. The lowest BCUT2D eigenvalue weighted by Crippen LogP contribution is -2.76. The van der Waals surface area contributed by atoms with Crippen molar-refractivity contribution < 1.29 is 18.8 Å². The van der Waals surface area contributed by atoms with Crippen molar-refractivity contribution in [2.24, 2.45) is 11.8 Å². The molecule has 182 valence electrons. The molecule has 4 amide bonds. The third-order valence-corrected chi connectivity index (χ3v) is 6.18. The fourth-order valence-corrected chi connectivity index (χ4v) is 4.46. The highest BCUT2D eigenvalue weighted by Gasteiger charge is 2.50. The van der Waals surface area contributed by atoms with Crippen LogP contribution in [0.2, 0.25) is 0 Å². The molecule has 0 spiro atoms. The zero-order valence-electron chi connectivity index (χ0n) is 20.3. The van der Waals surface area contributed by atoms with Crippen molar-refractivity contribution in [2.75, 3.05) is 26.7 Å². The van der Waals surface area contributed by atoms with Crippen molar-refractivity contribution in [3.8, 4) is 0 Å². The number of carbonyl (C=O) groups excluding carboxylic acids is 3. The van der Waals surface area contributed by atoms with Crippen molar-refractivity contribution in [3.63, 3.8) is 0 Å². The van der Waals surface area contributed by atoms with Gasteiger partial charge in [-0.25, -0.2) is 19.2 Å². The number of likely N-dealkylation sites (N-methyl/N-ethyl adjacent to an activating group) is 1. The Morgan fingerprint density at radius 3 is 2.39 bits per heavy atom. The van der Waals surface area contributed by atoms with E-state index in [1.165, 1.54) is 12.1 Å². The number of urea groups is 1. The number of nitrogens with one attached hydrogen (secondary N) is 1. The molecule has 9 heteroatoms. The van der Waals surface area contributed by atoms with Crippen molar-refractivity contribution >= 4 is 17.8 Å². The van der Waals surface area contributed by atoms with Gasteiger partial charge >= 0.3 is 6.03 Å². The molecular formula is C24H36FN5O3. The first-order chi connectivity index (χ1) is 15.6. The zero-order chi connectivity index (χ0) is 24.3. The molecule has 2 aliphatic rings. The lowest BCUT2D eigenvalue weighted by molar-refractivity contribution is -0.188. The van der Waals surface area contributed by atoms with E-state index in [2.05, 4.69) is 19.2 Å². The molecule has 1 N–H and O–H groups in total. The number of hydrogen-bond donors (Lipinski definition) is 1. The smallest absolute Gasteiger partial charge is 0.334 e. The average molecular weight is 462 g/mol. The summed E-state index contributed by atoms with van der Waals surface area (Å²) in [6.07, 6.45) is 0.833. The van der Waals surface area contributed by atoms with Gasteiger partial charge in [-0.3, -0.25) is 9.59 Å². The number of hydrazine groups is 1. The van der Waals surface area contributed by atoms with Gasteiger partial charge in [0.05, 0.1) is 13.1 Å². The number of nitrogens with zero attached hydrogens (tertiary/aromatic N) is 4. The van der Waals surface area contributed by atoms with E-state index in [9.17, 15) is 18.8 Å². The Kier molecular flexibility index (Phi) is 7.94. The molecular weight excluding hydrogens is 425 g/mol. The summed E-state index contributed by atoms with van der Waals surface area (Å²) < 4.78 is 13.2. The Balaban J connectivity index is 1.84. The Labute approximate surface area is 195 Å². The molecule has 3 rings (SSSR count). The van der Waals surface area contributed by atoms with Crippen LogP contribution in [0.1, 0.15) is 46.1 Å². The predicted molar refractivity (Wildman–Crippen MR) is 123 cm³/mol. The second-order valence-corrected chi connectivity index (χ2v) is 9.84. The molecule has 8 nitrogen and oxygen atoms in total. The Hall–Kier alpha value is -2.68. The highest BCUT2D eigenvalue weighted by molar-refractivity contribution is 5.91. The number of hydrogen-bond acceptors (Lipinski definition) is 4. The molecule has 2 heterocycles. The van der Waals surface area contributed by atoms with E-state index >= 15 is 0 Å². The van der Waals surface area contributed by atoms with E-state index in [1.54, 1.807) is 39.0 Å². The first kappa shape index (κ1) is 25.0. The minimum absolute atomic E-state index is 0.0222. The maximum absolute atomic E-state index is 13.3. The van der Waals surface area contributed by atoms with Crippen molar-refractivity contribution in [1.82, 2.24) is 25.1 Å². The van der Waals surface area contributed by atoms with Crippen LogP contribution in [-0.2, 0) is 16.1 Å². The van der Waals surface area contributed by atoms with E-state index < -0.39 is 12.2 Å². The zero-order valence-corrected chi connectivity index (χ0v) is 20.3. The second kappa shape index (κ2) is 10.5. The number of amides is 4. The van der Waals surface area contributed by atoms with Crippen LogP contribution in [0.25, 0.3) is 0 Å². The van der Waals surface area contributed by atoms with E-state index in [0.29, 0.717) is 18.9 Å². The fraction of sp³-hybridized carbons (Fsp3) is 0.625. The number of piperazine rings is 1. The number of fused-ring (bicyclic) bond motifs is 1. The molecule has 2 atom stereocenters. The van der Waals surface area contributed by atoms with Gasteiger partial charge in [0.2, 0.25) is 11.8 Å². The van der Waals surface area contributed by atoms with Gasteiger partial charge in [-0.05, 0) is 42.4 Å². The minimum Gasteiger partial charge on any atom is -0.337 e. The van der Waals surface area contributed by atoms with Crippen molar-refractivity contribution in [2.45, 2.75) is 59.3 Å². The third-order valence-electron chi connectivity index (χ3n) is 6.18. The van der Waals surface area contributed by atoms with Gasteiger partial charge in [0.15, 0.2) is 0 Å². The van der Waals surface area contributed by atoms with Crippen LogP contribution >= 0.6 is 0 Å². The molecule has 2 saturated heterocycles. The van der Waals surface area contributed by atoms with Crippen molar-refractivity contribution in [3.05, 3.63) is 35.6 Å². The maximum Gasteiger partial charge on any atom is 0.334 e. The Morgan fingerprint density at radius 1 is 1.12 bits per heavy atom. The Morgan fingerprint density at radius 2 is 1.79 bits per heavy atom. The van der Waals surface area contributed by atoms with E-state index in [1.807, 2.05) is 13.8 Å². The largest absolute Gasteiger partial charge is 0.337 e. The van der Waals surface area contributed by atoms with Crippen LogP contribution in [-0.4, -0.2) is 76.6 Å². The number of benzene rings is 1. The monoisotopic (exact) mass is 461 g/mol. The summed E-state index contributed by atoms with van der Waals surface area (Å²) in [5, 5.41) is 6.05. The van der Waals surface area contributed by atoms with Gasteiger partial charge in [-0.1, -0.05) is 39.8 Å². The Bertz CT molecular complexity index is 860. The van der Waals surface area contributed by atoms with Crippen LogP contribution in [0.15, 0.2) is 24.3 Å². The van der Waals surface area contributed by atoms with Crippen LogP contribution in [0.3, 0.4) is 0 Å². The summed E-state index contributed by atoms with van der Waals surface area (Å²) >= 11 is 0. The summed E-state index contributed by atoms with van der Waals surface area (Å²) in [6, 6.07) is 5.01. The molecule has 2 aliphatic heterocycles. The number of rotatable bonds is 7. The first-order valence-corrected chi connectivity index (χ1v) is 11.7. The number of carbonyl (C=O) groups is 3. The molecule has 0 bridgehead atoms. The summed E-state index contributed by atoms with van der Waals surface area (Å²) in [7, 11) is 1.71. The summed E-state index contributed by atoms with van der Waals surface area (Å²) in [5.74, 6) is 0.139. The van der Waals surface area contributed by atoms with Crippen LogP contribution < -0.4 is 5.32 Å². The van der Waals surface area contributed by atoms with Gasteiger partial charge in [-0.2, -0.15) is 0 Å². The van der Waals surface area contributed by atoms with E-state index in [4.69, 9.17) is 0 Å². The molecule has 0 radical (unpaired) electrons. The SMILES string of the molecule is CC(C)CCN1C[C@H]2N(C(=O)CN(C)N2C(=O)NCc2ccc(F)cc2)[C@@H](CC(C)C)C1=O. The second-order valence-electron chi connectivity index (χ2n) is 9.84. The van der Waals surface area contributed by atoms with Crippen LogP contribution in [0.5, 0.6) is 0 Å². The average Bonchev–Trinajstić information content (AvgIpc) is 2.73. The fourth-order valence-electron chi connectivity index (χ4n) is 4.46. The molecule has 1 aromatic rings. The van der Waals surface area contributed by atoms with Crippen LogP contribution in [0, 0.1) is 17.7 Å². The molecule has 0 saturated carbocycles. The van der Waals surface area contributed by atoms with Crippen molar-refractivity contribution in [1.29, 1.82) is 0 Å². The van der Waals surface area contributed by atoms with Gasteiger partial charge in [-0.15, -0.1) is 0 Å². The lowest BCUT2D eigenvalue weighted by atomic mass is 9.96. The van der Waals surface area contributed by atoms with Gasteiger partial charge in [0, 0.05) is 20.1 Å². The van der Waals surface area contributed by atoms with Crippen LogP contribution in [0.4, 0.5) is 9.18 Å². The van der Waals surface area contributed by atoms with Gasteiger partial charge in [0.1, 0.15) is 18.0 Å². The van der Waals surface area contributed by atoms with Gasteiger partial charge in [0.25, 0.3) is 0 Å². The topological polar surface area (TPSA) is 76.2 Å². The molecule has 33 heavy (non-hydrogen) atoms. The standard InChI is InChI=1S/C24H36FN5O3/c1-16(2)10-11-28-14-21-29(20(23(28)32)12-17(3)4)22(31)15-27(5)30(21)24(33)26-13-18-6-8-19(25)9-7-18/h6-9,16-17,20-21H,10-15H2,1-5H3,(H,26,33)/t20-,21-/m0/s1. The maximum atomic E-state index is 13.3. The van der Waals surface area contributed by atoms with Gasteiger partial charge < -0.3 is 15.1 Å². The number of halogens is 1. The highest BCUT2D eigenvalue weighted by atomic mass is 19.1. The molecule has 0 aliphatic carbocycles. The molecule has 0 aromatic heterocycles. The first-order valence-electron chi connectivity index (χ1n) is 11.7. The summed E-state index contributed by atoms with van der Waals surface area (Å²) in [6.45, 7) is 9.41. The minimum atomic E-state index is -0.579. The lowest BCUT2D eigenvalue weighted by Gasteiger charge is -2.54. The molecule has 2 fully saturated rings. The highest BCUT2D eigenvalue weighted by Crippen LogP contribution is 2.29. The molecule has 0 unspecified atom stereocenters. The van der Waals surface area contributed by atoms with E-state index in [-0.39, 0.29) is 49.2 Å². The van der Waals surface area contributed by atoms with E-state index in [0.717, 1.165) is 12.0 Å². The summed E-state index contributed by atoms with van der Waals surface area (Å²) in [4.78, 5) is 43.1. The summed E-state index contributed by atoms with van der Waals surface area (Å²) in [5.41, 5.74) is 0.771. The normalized spacial score (nSPS) is 21.8. The third kappa shape index (κ3) is 5.82. The molecule has 1 aromatic carbocycles. The quantitative estimate of drug-likeness (QED) is 0.677.